The van der Waals surface area contributed by atoms with Crippen LogP contribution in [0.5, 0.6) is 0 Å². The molecule has 2 aromatic heterocycles. The summed E-state index contributed by atoms with van der Waals surface area (Å²) in [4.78, 5) is 20.1. The van der Waals surface area contributed by atoms with Crippen LogP contribution in [-0.2, 0) is 16.4 Å². The van der Waals surface area contributed by atoms with Crippen LogP contribution in [0, 0.1) is 0 Å². The highest BCUT2D eigenvalue weighted by Crippen LogP contribution is 2.33. The molecule has 0 aromatic carbocycles. The number of carbonyl (C=O) groups excluding carboxylic acids is 1. The fourth-order valence-corrected chi connectivity index (χ4v) is 3.51. The predicted octanol–water partition coefficient (Wildman–Crippen LogP) is 4.19. The lowest BCUT2D eigenvalue weighted by Gasteiger charge is -2.23. The fraction of sp³-hybridized carbons (Fsp3) is 0.550. The molecule has 0 bridgehead atoms. The second-order valence-corrected chi connectivity index (χ2v) is 8.93. The maximum Gasteiger partial charge on any atom is 0.417 e. The van der Waals surface area contributed by atoms with Crippen molar-refractivity contribution in [3.05, 3.63) is 34.6 Å². The van der Waals surface area contributed by atoms with E-state index >= 15 is 0 Å². The Morgan fingerprint density at radius 2 is 1.94 bits per heavy atom. The summed E-state index contributed by atoms with van der Waals surface area (Å²) in [5.41, 5.74) is -0.320. The molecule has 3 rings (SSSR count). The van der Waals surface area contributed by atoms with E-state index in [0.717, 1.165) is 18.0 Å². The standard InChI is InChI=1S/C20H25ClF3N5O2/c1-19(2,3)15-10-17(31-27-15)26-16(30)12-28-5-4-6-29(8-7-28)18-14(21)9-13(11-25-18)20(22,23)24/h9-11H,4-8,12H2,1-3H3,(H,26,30). The van der Waals surface area contributed by atoms with Gasteiger partial charge in [0.15, 0.2) is 0 Å². The number of aromatic nitrogens is 2. The van der Waals surface area contributed by atoms with Crippen LogP contribution >= 0.6 is 11.6 Å². The van der Waals surface area contributed by atoms with E-state index in [9.17, 15) is 18.0 Å². The highest BCUT2D eigenvalue weighted by atomic mass is 35.5. The van der Waals surface area contributed by atoms with Crippen LogP contribution in [-0.4, -0.2) is 53.7 Å². The van der Waals surface area contributed by atoms with Crippen molar-refractivity contribution in [3.8, 4) is 0 Å². The average Bonchev–Trinajstić information content (AvgIpc) is 3.01. The van der Waals surface area contributed by atoms with E-state index in [1.54, 1.807) is 6.07 Å². The maximum absolute atomic E-state index is 12.8. The Morgan fingerprint density at radius 3 is 2.55 bits per heavy atom. The molecule has 3 heterocycles. The van der Waals surface area contributed by atoms with E-state index < -0.39 is 11.7 Å². The van der Waals surface area contributed by atoms with Gasteiger partial charge in [-0.2, -0.15) is 13.2 Å². The minimum absolute atomic E-state index is 0.0408. The van der Waals surface area contributed by atoms with Crippen LogP contribution in [0.4, 0.5) is 24.9 Å². The molecule has 1 N–H and O–H groups in total. The normalized spacial score (nSPS) is 16.3. The number of nitrogens with zero attached hydrogens (tertiary/aromatic N) is 4. The van der Waals surface area contributed by atoms with E-state index in [-0.39, 0.29) is 22.9 Å². The van der Waals surface area contributed by atoms with E-state index in [2.05, 4.69) is 15.5 Å². The second-order valence-electron chi connectivity index (χ2n) is 8.52. The number of amides is 1. The topological polar surface area (TPSA) is 74.5 Å². The van der Waals surface area contributed by atoms with Crippen molar-refractivity contribution in [2.45, 2.75) is 38.8 Å². The molecule has 11 heteroatoms. The van der Waals surface area contributed by atoms with E-state index in [0.29, 0.717) is 44.3 Å². The van der Waals surface area contributed by atoms with Gasteiger partial charge in [-0.25, -0.2) is 4.98 Å². The summed E-state index contributed by atoms with van der Waals surface area (Å²) >= 11 is 6.07. The minimum atomic E-state index is -4.49. The van der Waals surface area contributed by atoms with Gasteiger partial charge < -0.3 is 9.42 Å². The van der Waals surface area contributed by atoms with Crippen molar-refractivity contribution < 1.29 is 22.5 Å². The molecule has 2 aromatic rings. The molecule has 0 saturated carbocycles. The second kappa shape index (κ2) is 9.04. The zero-order valence-corrected chi connectivity index (χ0v) is 18.3. The molecule has 1 amide bonds. The lowest BCUT2D eigenvalue weighted by atomic mass is 9.92. The quantitative estimate of drug-likeness (QED) is 0.739. The van der Waals surface area contributed by atoms with Crippen LogP contribution in [0.3, 0.4) is 0 Å². The molecule has 0 unspecified atom stereocenters. The summed E-state index contributed by atoms with van der Waals surface area (Å²) in [5.74, 6) is 0.389. The van der Waals surface area contributed by atoms with Gasteiger partial charge in [-0.05, 0) is 12.5 Å². The molecule has 0 spiro atoms. The molecule has 31 heavy (non-hydrogen) atoms. The van der Waals surface area contributed by atoms with Crippen molar-refractivity contribution in [3.63, 3.8) is 0 Å². The lowest BCUT2D eigenvalue weighted by molar-refractivity contribution is -0.137. The van der Waals surface area contributed by atoms with Crippen molar-refractivity contribution in [1.29, 1.82) is 0 Å². The van der Waals surface area contributed by atoms with Crippen molar-refractivity contribution in [2.75, 3.05) is 42.9 Å². The Balaban J connectivity index is 1.56. The average molecular weight is 460 g/mol. The number of rotatable bonds is 4. The summed E-state index contributed by atoms with van der Waals surface area (Å²) in [7, 11) is 0. The summed E-state index contributed by atoms with van der Waals surface area (Å²) in [6.07, 6.45) is -2.99. The molecular weight excluding hydrogens is 435 g/mol. The number of pyridine rings is 1. The third-order valence-corrected chi connectivity index (χ3v) is 5.22. The van der Waals surface area contributed by atoms with Crippen LogP contribution < -0.4 is 10.2 Å². The largest absolute Gasteiger partial charge is 0.417 e. The lowest BCUT2D eigenvalue weighted by Crippen LogP contribution is -2.36. The first-order valence-corrected chi connectivity index (χ1v) is 10.3. The Labute approximate surface area is 183 Å². The third kappa shape index (κ3) is 6.10. The van der Waals surface area contributed by atoms with Gasteiger partial charge >= 0.3 is 6.18 Å². The van der Waals surface area contributed by atoms with E-state index in [1.165, 1.54) is 0 Å². The first-order valence-electron chi connectivity index (χ1n) is 9.90. The van der Waals surface area contributed by atoms with Gasteiger partial charge in [-0.1, -0.05) is 37.5 Å². The smallest absolute Gasteiger partial charge is 0.354 e. The molecule has 1 aliphatic heterocycles. The first-order chi connectivity index (χ1) is 14.4. The van der Waals surface area contributed by atoms with Crippen molar-refractivity contribution in [1.82, 2.24) is 15.0 Å². The van der Waals surface area contributed by atoms with Crippen LogP contribution in [0.2, 0.25) is 5.02 Å². The highest BCUT2D eigenvalue weighted by Gasteiger charge is 2.32. The summed E-state index contributed by atoms with van der Waals surface area (Å²) in [6, 6.07) is 2.60. The number of hydrogen-bond acceptors (Lipinski definition) is 6. The summed E-state index contributed by atoms with van der Waals surface area (Å²) < 4.78 is 43.7. The third-order valence-electron chi connectivity index (χ3n) is 4.95. The molecule has 1 fully saturated rings. The molecule has 0 radical (unpaired) electrons. The molecule has 1 aliphatic rings. The molecular formula is C20H25ClF3N5O2. The van der Waals surface area contributed by atoms with E-state index in [4.69, 9.17) is 16.1 Å². The van der Waals surface area contributed by atoms with Crippen LogP contribution in [0.25, 0.3) is 0 Å². The van der Waals surface area contributed by atoms with E-state index in [1.807, 2.05) is 30.6 Å². The predicted molar refractivity (Wildman–Crippen MR) is 111 cm³/mol. The summed E-state index contributed by atoms with van der Waals surface area (Å²) in [6.45, 7) is 8.41. The van der Waals surface area contributed by atoms with Crippen molar-refractivity contribution >= 4 is 29.2 Å². The number of alkyl halides is 3. The van der Waals surface area contributed by atoms with Crippen LogP contribution in [0.15, 0.2) is 22.9 Å². The monoisotopic (exact) mass is 459 g/mol. The van der Waals surface area contributed by atoms with Crippen molar-refractivity contribution in [2.24, 2.45) is 0 Å². The van der Waals surface area contributed by atoms with Gasteiger partial charge in [0.05, 0.1) is 22.8 Å². The molecule has 1 saturated heterocycles. The zero-order chi connectivity index (χ0) is 22.8. The Hall–Kier alpha value is -2.33. The van der Waals surface area contributed by atoms with Gasteiger partial charge in [0.25, 0.3) is 0 Å². The Morgan fingerprint density at radius 1 is 1.19 bits per heavy atom. The zero-order valence-electron chi connectivity index (χ0n) is 17.6. The van der Waals surface area contributed by atoms with Gasteiger partial charge in [0, 0.05) is 43.9 Å². The Kier molecular flexibility index (Phi) is 6.80. The summed E-state index contributed by atoms with van der Waals surface area (Å²) in [5, 5.41) is 6.65. The fourth-order valence-electron chi connectivity index (χ4n) is 3.23. The SMILES string of the molecule is CC(C)(C)c1cc(NC(=O)CN2CCCN(c3ncc(C(F)(F)F)cc3Cl)CC2)on1. The number of nitrogens with one attached hydrogen (secondary N) is 1. The number of carbonyl (C=O) groups is 1. The highest BCUT2D eigenvalue weighted by molar-refractivity contribution is 6.33. The van der Waals surface area contributed by atoms with Gasteiger partial charge in [-0.15, -0.1) is 0 Å². The minimum Gasteiger partial charge on any atom is -0.354 e. The molecule has 0 atom stereocenters. The Bertz CT molecular complexity index is 926. The number of anilines is 2. The van der Waals surface area contributed by atoms with Crippen LogP contribution in [0.1, 0.15) is 38.4 Å². The van der Waals surface area contributed by atoms with Gasteiger partial charge in [0.1, 0.15) is 5.82 Å². The number of hydrogen-bond donors (Lipinski definition) is 1. The molecule has 0 aliphatic carbocycles. The first kappa shape index (κ1) is 23.3. The maximum atomic E-state index is 12.8. The number of halogens is 4. The van der Waals surface area contributed by atoms with Gasteiger partial charge in [-0.3, -0.25) is 15.0 Å². The van der Waals surface area contributed by atoms with Gasteiger partial charge in [0.2, 0.25) is 11.8 Å². The molecule has 7 nitrogen and oxygen atoms in total. The molecule has 170 valence electrons.